The van der Waals surface area contributed by atoms with E-state index in [1.807, 2.05) is 14.0 Å². The molecule has 0 radical (unpaired) electrons. The number of aryl methyl sites for hydroxylation is 1. The zero-order valence-corrected chi connectivity index (χ0v) is 12.0. The summed E-state index contributed by atoms with van der Waals surface area (Å²) in [7, 11) is -1.72. The molecule has 1 aromatic carbocycles. The Labute approximate surface area is 114 Å². The molecule has 0 aromatic heterocycles. The number of ether oxygens (including phenoxy) is 1. The lowest BCUT2D eigenvalue weighted by atomic mass is 10.2. The molecule has 0 saturated carbocycles. The van der Waals surface area contributed by atoms with Gasteiger partial charge < -0.3 is 9.64 Å². The van der Waals surface area contributed by atoms with Gasteiger partial charge in [0.1, 0.15) is 0 Å². The van der Waals surface area contributed by atoms with Crippen LogP contribution in [0.3, 0.4) is 0 Å². The first-order valence-electron chi connectivity index (χ1n) is 6.23. The van der Waals surface area contributed by atoms with Crippen LogP contribution in [0.2, 0.25) is 0 Å². The van der Waals surface area contributed by atoms with E-state index in [0.29, 0.717) is 13.2 Å². The van der Waals surface area contributed by atoms with Crippen LogP contribution < -0.4 is 0 Å². The maximum atomic E-state index is 12.0. The van der Waals surface area contributed by atoms with Gasteiger partial charge in [0.15, 0.2) is 0 Å². The molecule has 1 aliphatic rings. The van der Waals surface area contributed by atoms with Crippen molar-refractivity contribution < 1.29 is 17.3 Å². The number of hydrogen-bond acceptors (Lipinski definition) is 5. The molecule has 1 heterocycles. The monoisotopic (exact) mass is 285 g/mol. The third-order valence-corrected chi connectivity index (χ3v) is 4.36. The number of likely N-dealkylation sites (N-methyl/N-ethyl adjacent to an activating group) is 1. The van der Waals surface area contributed by atoms with E-state index in [2.05, 4.69) is 4.90 Å². The Bertz CT molecular complexity index is 512. The van der Waals surface area contributed by atoms with Gasteiger partial charge >= 0.3 is 0 Å². The Kier molecular flexibility index (Phi) is 4.57. The summed E-state index contributed by atoms with van der Waals surface area (Å²) in [6.45, 7) is 4.11. The smallest absolute Gasteiger partial charge is 0.297 e. The van der Waals surface area contributed by atoms with Crippen molar-refractivity contribution in [3.63, 3.8) is 0 Å². The average molecular weight is 285 g/mol. The Morgan fingerprint density at radius 2 is 2.05 bits per heavy atom. The highest BCUT2D eigenvalue weighted by atomic mass is 32.2. The number of rotatable bonds is 4. The van der Waals surface area contributed by atoms with E-state index < -0.39 is 10.1 Å². The standard InChI is InChI=1S/C13H19NO4S/c1-11-3-5-13(6-4-11)19(15,16)18-10-12-9-14(2)7-8-17-12/h3-6,12H,7-10H2,1-2H3/t12-/m0/s1. The molecular weight excluding hydrogens is 266 g/mol. The molecule has 106 valence electrons. The predicted octanol–water partition coefficient (Wildman–Crippen LogP) is 1.03. The van der Waals surface area contributed by atoms with Crippen LogP contribution in [0, 0.1) is 6.92 Å². The summed E-state index contributed by atoms with van der Waals surface area (Å²) in [5.74, 6) is 0. The van der Waals surface area contributed by atoms with E-state index in [1.54, 1.807) is 24.3 Å². The lowest BCUT2D eigenvalue weighted by Gasteiger charge is -2.29. The molecule has 2 rings (SSSR count). The van der Waals surface area contributed by atoms with Crippen molar-refractivity contribution in [2.75, 3.05) is 33.4 Å². The molecule has 1 atom stereocenters. The fraction of sp³-hybridized carbons (Fsp3) is 0.538. The van der Waals surface area contributed by atoms with Gasteiger partial charge in [0, 0.05) is 13.1 Å². The van der Waals surface area contributed by atoms with E-state index in [1.165, 1.54) is 0 Å². The van der Waals surface area contributed by atoms with Gasteiger partial charge in [-0.2, -0.15) is 8.42 Å². The minimum absolute atomic E-state index is 0.0561. The molecule has 1 saturated heterocycles. The first kappa shape index (κ1) is 14.5. The van der Waals surface area contributed by atoms with Crippen LogP contribution in [0.25, 0.3) is 0 Å². The fourth-order valence-electron chi connectivity index (χ4n) is 1.91. The van der Waals surface area contributed by atoms with Gasteiger partial charge in [-0.05, 0) is 26.1 Å². The number of benzene rings is 1. The number of hydrogen-bond donors (Lipinski definition) is 0. The Morgan fingerprint density at radius 1 is 1.37 bits per heavy atom. The van der Waals surface area contributed by atoms with Crippen LogP contribution in [0.4, 0.5) is 0 Å². The topological polar surface area (TPSA) is 55.8 Å². The highest BCUT2D eigenvalue weighted by molar-refractivity contribution is 7.86. The van der Waals surface area contributed by atoms with Crippen molar-refractivity contribution in [2.45, 2.75) is 17.9 Å². The average Bonchev–Trinajstić information content (AvgIpc) is 2.37. The summed E-state index contributed by atoms with van der Waals surface area (Å²) < 4.78 is 34.5. The van der Waals surface area contributed by atoms with Crippen molar-refractivity contribution in [2.24, 2.45) is 0 Å². The molecule has 0 unspecified atom stereocenters. The van der Waals surface area contributed by atoms with Crippen LogP contribution >= 0.6 is 0 Å². The van der Waals surface area contributed by atoms with Gasteiger partial charge in [-0.25, -0.2) is 0 Å². The van der Waals surface area contributed by atoms with Crippen molar-refractivity contribution >= 4 is 10.1 Å². The third kappa shape index (κ3) is 4.01. The molecule has 1 fully saturated rings. The zero-order valence-electron chi connectivity index (χ0n) is 11.2. The molecular formula is C13H19NO4S. The summed E-state index contributed by atoms with van der Waals surface area (Å²) in [5.41, 5.74) is 1.01. The molecule has 0 aliphatic carbocycles. The molecule has 0 spiro atoms. The summed E-state index contributed by atoms with van der Waals surface area (Å²) in [4.78, 5) is 2.28. The maximum absolute atomic E-state index is 12.0. The van der Waals surface area contributed by atoms with E-state index >= 15 is 0 Å². The summed E-state index contributed by atoms with van der Waals surface area (Å²) in [5, 5.41) is 0. The van der Waals surface area contributed by atoms with E-state index in [4.69, 9.17) is 8.92 Å². The lowest BCUT2D eigenvalue weighted by molar-refractivity contribution is -0.0393. The zero-order chi connectivity index (χ0) is 13.9. The van der Waals surface area contributed by atoms with Crippen LogP contribution in [0.5, 0.6) is 0 Å². The molecule has 0 bridgehead atoms. The van der Waals surface area contributed by atoms with Crippen LogP contribution in [-0.2, 0) is 19.0 Å². The van der Waals surface area contributed by atoms with Crippen LogP contribution in [-0.4, -0.2) is 52.8 Å². The van der Waals surface area contributed by atoms with Crippen molar-refractivity contribution in [1.82, 2.24) is 4.90 Å². The van der Waals surface area contributed by atoms with E-state index in [0.717, 1.165) is 12.1 Å². The molecule has 5 nitrogen and oxygen atoms in total. The highest BCUT2D eigenvalue weighted by Crippen LogP contribution is 2.14. The van der Waals surface area contributed by atoms with Gasteiger partial charge in [0.05, 0.1) is 24.2 Å². The lowest BCUT2D eigenvalue weighted by Crippen LogP contribution is -2.42. The summed E-state index contributed by atoms with van der Waals surface area (Å²) >= 11 is 0. The van der Waals surface area contributed by atoms with Crippen molar-refractivity contribution in [3.8, 4) is 0 Å². The first-order chi connectivity index (χ1) is 8.97. The normalized spacial score (nSPS) is 21.5. The van der Waals surface area contributed by atoms with E-state index in [-0.39, 0.29) is 17.6 Å². The predicted molar refractivity (Wildman–Crippen MR) is 71.6 cm³/mol. The highest BCUT2D eigenvalue weighted by Gasteiger charge is 2.22. The second-order valence-corrected chi connectivity index (χ2v) is 6.42. The minimum atomic E-state index is -3.69. The quantitative estimate of drug-likeness (QED) is 0.773. The largest absolute Gasteiger partial charge is 0.373 e. The Morgan fingerprint density at radius 3 is 2.68 bits per heavy atom. The van der Waals surface area contributed by atoms with Gasteiger partial charge in [-0.1, -0.05) is 17.7 Å². The van der Waals surface area contributed by atoms with Gasteiger partial charge in [-0.15, -0.1) is 0 Å². The second-order valence-electron chi connectivity index (χ2n) is 4.81. The minimum Gasteiger partial charge on any atom is -0.373 e. The first-order valence-corrected chi connectivity index (χ1v) is 7.64. The Hall–Kier alpha value is -0.950. The van der Waals surface area contributed by atoms with E-state index in [9.17, 15) is 8.42 Å². The molecule has 1 aromatic rings. The molecule has 0 N–H and O–H groups in total. The van der Waals surface area contributed by atoms with Crippen molar-refractivity contribution in [1.29, 1.82) is 0 Å². The molecule has 19 heavy (non-hydrogen) atoms. The van der Waals surface area contributed by atoms with Gasteiger partial charge in [0.2, 0.25) is 0 Å². The number of morpholine rings is 1. The maximum Gasteiger partial charge on any atom is 0.297 e. The van der Waals surface area contributed by atoms with Crippen LogP contribution in [0.1, 0.15) is 5.56 Å². The molecule has 1 aliphatic heterocycles. The third-order valence-electron chi connectivity index (χ3n) is 3.06. The SMILES string of the molecule is Cc1ccc(S(=O)(=O)OC[C@@H]2CN(C)CCO2)cc1. The Balaban J connectivity index is 1.96. The van der Waals surface area contributed by atoms with Crippen molar-refractivity contribution in [3.05, 3.63) is 29.8 Å². The summed E-state index contributed by atoms with van der Waals surface area (Å²) in [6.07, 6.45) is -0.195. The summed E-state index contributed by atoms with van der Waals surface area (Å²) in [6, 6.07) is 6.61. The number of nitrogens with zero attached hydrogens (tertiary/aromatic N) is 1. The van der Waals surface area contributed by atoms with Gasteiger partial charge in [0.25, 0.3) is 10.1 Å². The van der Waals surface area contributed by atoms with Gasteiger partial charge in [-0.3, -0.25) is 4.18 Å². The molecule has 0 amide bonds. The fourth-order valence-corrected chi connectivity index (χ4v) is 2.84. The molecule has 6 heteroatoms. The second kappa shape index (κ2) is 6.00. The van der Waals surface area contributed by atoms with Crippen LogP contribution in [0.15, 0.2) is 29.2 Å².